The highest BCUT2D eigenvalue weighted by molar-refractivity contribution is 5.79. The Labute approximate surface area is 181 Å². The van der Waals surface area contributed by atoms with E-state index >= 15 is 0 Å². The summed E-state index contributed by atoms with van der Waals surface area (Å²) < 4.78 is 7.57. The first-order valence-electron chi connectivity index (χ1n) is 11.2. The number of aromatic nitrogens is 2. The van der Waals surface area contributed by atoms with Gasteiger partial charge in [0.15, 0.2) is 5.96 Å². The number of aryl methyl sites for hydroxylation is 3. The number of guanidine groups is 1. The molecule has 0 saturated carbocycles. The zero-order chi connectivity index (χ0) is 22.1. The molecule has 0 spiro atoms. The number of carbonyl (C=O) groups excluding carboxylic acids is 1. The number of ether oxygens (including phenoxy) is 1. The van der Waals surface area contributed by atoms with Crippen LogP contribution in [0.3, 0.4) is 0 Å². The molecular weight excluding hydrogens is 380 g/mol. The largest absolute Gasteiger partial charge is 0.444 e. The Morgan fingerprint density at radius 1 is 1.33 bits per heavy atom. The quantitative estimate of drug-likeness (QED) is 0.402. The van der Waals surface area contributed by atoms with Crippen LogP contribution in [0, 0.1) is 19.8 Å². The Hall–Kier alpha value is -2.25. The van der Waals surface area contributed by atoms with Crippen molar-refractivity contribution in [1.29, 1.82) is 0 Å². The van der Waals surface area contributed by atoms with Crippen molar-refractivity contribution in [2.24, 2.45) is 10.9 Å². The Kier molecular flexibility index (Phi) is 8.99. The molecule has 0 aliphatic carbocycles. The van der Waals surface area contributed by atoms with E-state index in [2.05, 4.69) is 35.6 Å². The average molecular weight is 421 g/mol. The smallest absolute Gasteiger partial charge is 0.410 e. The van der Waals surface area contributed by atoms with Crippen LogP contribution in [-0.4, -0.2) is 65.1 Å². The van der Waals surface area contributed by atoms with Crippen LogP contribution >= 0.6 is 0 Å². The number of nitrogens with zero attached hydrogens (tertiary/aromatic N) is 4. The van der Waals surface area contributed by atoms with Gasteiger partial charge < -0.3 is 20.3 Å². The maximum atomic E-state index is 12.4. The summed E-state index contributed by atoms with van der Waals surface area (Å²) in [4.78, 5) is 18.9. The third kappa shape index (κ3) is 8.24. The number of carbonyl (C=O) groups is 1. The third-order valence-electron chi connectivity index (χ3n) is 4.97. The van der Waals surface area contributed by atoms with Crippen molar-refractivity contribution in [3.63, 3.8) is 0 Å². The van der Waals surface area contributed by atoms with Crippen LogP contribution in [0.4, 0.5) is 4.79 Å². The van der Waals surface area contributed by atoms with Crippen LogP contribution in [0.5, 0.6) is 0 Å². The minimum atomic E-state index is -0.461. The van der Waals surface area contributed by atoms with Crippen LogP contribution in [0.1, 0.15) is 58.3 Å². The van der Waals surface area contributed by atoms with Crippen molar-refractivity contribution in [2.45, 2.75) is 73.0 Å². The average Bonchev–Trinajstić information content (AvgIpc) is 2.99. The minimum absolute atomic E-state index is 0.217. The Bertz CT molecular complexity index is 707. The fourth-order valence-corrected chi connectivity index (χ4v) is 3.61. The van der Waals surface area contributed by atoms with Gasteiger partial charge in [0.05, 0.1) is 5.69 Å². The lowest BCUT2D eigenvalue weighted by atomic mass is 9.98. The molecule has 1 aromatic heterocycles. The van der Waals surface area contributed by atoms with Gasteiger partial charge in [0.25, 0.3) is 0 Å². The first-order chi connectivity index (χ1) is 14.2. The number of piperidine rings is 1. The van der Waals surface area contributed by atoms with Gasteiger partial charge in [0.2, 0.25) is 0 Å². The number of amides is 1. The summed E-state index contributed by atoms with van der Waals surface area (Å²) in [5.74, 6) is 1.19. The highest BCUT2D eigenvalue weighted by Gasteiger charge is 2.27. The summed E-state index contributed by atoms with van der Waals surface area (Å²) in [5, 5.41) is 11.2. The number of rotatable bonds is 7. The normalized spacial score (nSPS) is 17.7. The van der Waals surface area contributed by atoms with Crippen molar-refractivity contribution in [2.75, 3.05) is 32.7 Å². The van der Waals surface area contributed by atoms with E-state index in [0.717, 1.165) is 57.1 Å². The van der Waals surface area contributed by atoms with E-state index in [1.807, 2.05) is 37.3 Å². The van der Waals surface area contributed by atoms with E-state index in [9.17, 15) is 4.79 Å². The highest BCUT2D eigenvalue weighted by atomic mass is 16.6. The fourth-order valence-electron chi connectivity index (χ4n) is 3.61. The molecule has 1 aliphatic heterocycles. The Morgan fingerprint density at radius 3 is 2.73 bits per heavy atom. The van der Waals surface area contributed by atoms with E-state index in [0.29, 0.717) is 19.0 Å². The molecule has 1 aromatic rings. The molecule has 1 atom stereocenters. The van der Waals surface area contributed by atoms with E-state index in [-0.39, 0.29) is 6.09 Å². The molecule has 0 radical (unpaired) electrons. The van der Waals surface area contributed by atoms with Gasteiger partial charge in [0, 0.05) is 45.0 Å². The first-order valence-corrected chi connectivity index (χ1v) is 11.2. The van der Waals surface area contributed by atoms with Gasteiger partial charge in [-0.15, -0.1) is 0 Å². The van der Waals surface area contributed by atoms with Crippen LogP contribution in [0.25, 0.3) is 0 Å². The van der Waals surface area contributed by atoms with Gasteiger partial charge in [-0.1, -0.05) is 0 Å². The van der Waals surface area contributed by atoms with Crippen LogP contribution in [-0.2, 0) is 11.3 Å². The van der Waals surface area contributed by atoms with Crippen molar-refractivity contribution in [1.82, 2.24) is 25.3 Å². The Morgan fingerprint density at radius 2 is 2.10 bits per heavy atom. The van der Waals surface area contributed by atoms with Crippen LogP contribution < -0.4 is 10.6 Å². The van der Waals surface area contributed by atoms with Crippen molar-refractivity contribution in [3.05, 3.63) is 17.5 Å². The monoisotopic (exact) mass is 420 g/mol. The number of hydrogen-bond donors (Lipinski definition) is 2. The topological polar surface area (TPSA) is 83.8 Å². The van der Waals surface area contributed by atoms with E-state index in [1.54, 1.807) is 0 Å². The minimum Gasteiger partial charge on any atom is -0.444 e. The highest BCUT2D eigenvalue weighted by Crippen LogP contribution is 2.19. The molecule has 0 bridgehead atoms. The van der Waals surface area contributed by atoms with Gasteiger partial charge >= 0.3 is 6.09 Å². The fraction of sp³-hybridized carbons (Fsp3) is 0.773. The molecule has 8 nitrogen and oxygen atoms in total. The third-order valence-corrected chi connectivity index (χ3v) is 4.97. The van der Waals surface area contributed by atoms with E-state index in [4.69, 9.17) is 9.73 Å². The predicted octanol–water partition coefficient (Wildman–Crippen LogP) is 3.09. The lowest BCUT2D eigenvalue weighted by molar-refractivity contribution is 0.0170. The molecule has 0 aromatic carbocycles. The molecule has 1 fully saturated rings. The first kappa shape index (κ1) is 24.0. The molecular formula is C22H40N6O2. The zero-order valence-corrected chi connectivity index (χ0v) is 19.6. The molecule has 30 heavy (non-hydrogen) atoms. The molecule has 2 N–H and O–H groups in total. The van der Waals surface area contributed by atoms with Crippen LogP contribution in [0.2, 0.25) is 0 Å². The second kappa shape index (κ2) is 11.2. The molecule has 1 unspecified atom stereocenters. The summed E-state index contributed by atoms with van der Waals surface area (Å²) in [6, 6.07) is 2.10. The van der Waals surface area contributed by atoms with E-state index < -0.39 is 5.60 Å². The van der Waals surface area contributed by atoms with Crippen molar-refractivity contribution < 1.29 is 9.53 Å². The standard InChI is InChI=1S/C22H40N6O2/c1-7-23-20(24-11-9-13-28-18(3)14-17(2)26-28)25-15-19-10-8-12-27(16-19)21(29)30-22(4,5)6/h14,19H,7-13,15-16H2,1-6H3,(H2,23,24,25). The number of aliphatic imine (C=N–C) groups is 1. The molecule has 8 heteroatoms. The van der Waals surface area contributed by atoms with Gasteiger partial charge in [0.1, 0.15) is 5.60 Å². The summed E-state index contributed by atoms with van der Waals surface area (Å²) in [6.45, 7) is 16.6. The maximum absolute atomic E-state index is 12.4. The maximum Gasteiger partial charge on any atom is 0.410 e. The molecule has 2 rings (SSSR count). The van der Waals surface area contributed by atoms with Gasteiger partial charge in [-0.05, 0) is 72.8 Å². The molecule has 1 saturated heterocycles. The summed E-state index contributed by atoms with van der Waals surface area (Å²) in [5.41, 5.74) is 1.79. The number of likely N-dealkylation sites (tertiary alicyclic amines) is 1. The lowest BCUT2D eigenvalue weighted by Gasteiger charge is -2.33. The van der Waals surface area contributed by atoms with Gasteiger partial charge in [-0.2, -0.15) is 5.10 Å². The summed E-state index contributed by atoms with van der Waals surface area (Å²) >= 11 is 0. The van der Waals surface area contributed by atoms with Gasteiger partial charge in [-0.25, -0.2) is 4.79 Å². The number of hydrogen-bond acceptors (Lipinski definition) is 4. The second-order valence-corrected chi connectivity index (χ2v) is 9.08. The molecule has 2 heterocycles. The number of nitrogens with one attached hydrogen (secondary N) is 2. The SMILES string of the molecule is CCNC(=NCC1CCCN(C(=O)OC(C)(C)C)C1)NCCCn1nc(C)cc1C. The van der Waals surface area contributed by atoms with Crippen molar-refractivity contribution in [3.8, 4) is 0 Å². The summed E-state index contributed by atoms with van der Waals surface area (Å²) in [7, 11) is 0. The van der Waals surface area contributed by atoms with Gasteiger partial charge in [-0.3, -0.25) is 9.67 Å². The van der Waals surface area contributed by atoms with E-state index in [1.165, 1.54) is 5.69 Å². The lowest BCUT2D eigenvalue weighted by Crippen LogP contribution is -2.44. The predicted molar refractivity (Wildman–Crippen MR) is 121 cm³/mol. The van der Waals surface area contributed by atoms with Crippen LogP contribution in [0.15, 0.2) is 11.1 Å². The molecule has 1 amide bonds. The molecule has 1 aliphatic rings. The summed E-state index contributed by atoms with van der Waals surface area (Å²) in [6.07, 6.45) is 2.83. The van der Waals surface area contributed by atoms with Crippen molar-refractivity contribution >= 4 is 12.1 Å². The second-order valence-electron chi connectivity index (χ2n) is 9.08. The molecule has 170 valence electrons. The zero-order valence-electron chi connectivity index (χ0n) is 19.6. The Balaban J connectivity index is 1.80.